The summed E-state index contributed by atoms with van der Waals surface area (Å²) in [6, 6.07) is 14.2. The smallest absolute Gasteiger partial charge is 0.355 e. The van der Waals surface area contributed by atoms with Crippen LogP contribution in [0.4, 0.5) is 5.69 Å². The standard InChI is InChI=1S/C21H18BrN3O4/c1-3-29-19(27)17-16-18(26)25(15-7-5-4-6-14(15)22)20(28)21(16,24-23-17)13-10-8-12(2)9-11-13/h4-11,16,24H,3H2,1-2H3. The molecule has 8 heteroatoms. The number of amides is 2. The minimum atomic E-state index is -1.50. The Morgan fingerprint density at radius 1 is 1.21 bits per heavy atom. The van der Waals surface area contributed by atoms with Crippen molar-refractivity contribution in [3.63, 3.8) is 0 Å². The van der Waals surface area contributed by atoms with Gasteiger partial charge < -0.3 is 4.74 Å². The summed E-state index contributed by atoms with van der Waals surface area (Å²) in [5, 5.41) is 4.07. The van der Waals surface area contributed by atoms with E-state index in [4.69, 9.17) is 4.74 Å². The molecule has 0 aromatic heterocycles. The predicted octanol–water partition coefficient (Wildman–Crippen LogP) is 2.66. The van der Waals surface area contributed by atoms with Crippen molar-refractivity contribution in [2.24, 2.45) is 11.0 Å². The highest BCUT2D eigenvalue weighted by Gasteiger charge is 2.67. The first-order valence-electron chi connectivity index (χ1n) is 9.13. The maximum atomic E-state index is 13.7. The van der Waals surface area contributed by atoms with Gasteiger partial charge in [-0.25, -0.2) is 9.69 Å². The van der Waals surface area contributed by atoms with E-state index in [0.29, 0.717) is 15.7 Å². The Hall–Kier alpha value is -3.00. The molecule has 2 heterocycles. The fraction of sp³-hybridized carbons (Fsp3) is 0.238. The van der Waals surface area contributed by atoms with Crippen molar-refractivity contribution in [3.8, 4) is 0 Å². The summed E-state index contributed by atoms with van der Waals surface area (Å²) in [6.45, 7) is 3.73. The summed E-state index contributed by atoms with van der Waals surface area (Å²) in [5.41, 5.74) is 3.20. The van der Waals surface area contributed by atoms with E-state index in [0.717, 1.165) is 10.5 Å². The second-order valence-electron chi connectivity index (χ2n) is 6.87. The molecule has 2 unspecified atom stereocenters. The summed E-state index contributed by atoms with van der Waals surface area (Å²) in [4.78, 5) is 40.8. The molecule has 2 aromatic rings. The largest absolute Gasteiger partial charge is 0.461 e. The van der Waals surface area contributed by atoms with Crippen molar-refractivity contribution < 1.29 is 19.1 Å². The maximum Gasteiger partial charge on any atom is 0.355 e. The van der Waals surface area contributed by atoms with E-state index in [1.54, 1.807) is 43.3 Å². The van der Waals surface area contributed by atoms with E-state index in [1.165, 1.54) is 0 Å². The first-order valence-corrected chi connectivity index (χ1v) is 9.93. The second-order valence-corrected chi connectivity index (χ2v) is 7.72. The van der Waals surface area contributed by atoms with E-state index in [9.17, 15) is 14.4 Å². The number of fused-ring (bicyclic) bond motifs is 1. The van der Waals surface area contributed by atoms with Crippen molar-refractivity contribution in [3.05, 3.63) is 64.1 Å². The monoisotopic (exact) mass is 455 g/mol. The molecule has 2 atom stereocenters. The number of benzene rings is 2. The van der Waals surface area contributed by atoms with Crippen molar-refractivity contribution >= 4 is 45.1 Å². The van der Waals surface area contributed by atoms with Crippen molar-refractivity contribution in [2.75, 3.05) is 11.5 Å². The zero-order chi connectivity index (χ0) is 20.8. The van der Waals surface area contributed by atoms with Crippen LogP contribution >= 0.6 is 15.9 Å². The predicted molar refractivity (Wildman–Crippen MR) is 110 cm³/mol. The first kappa shape index (κ1) is 19.3. The number of ether oxygens (including phenoxy) is 1. The molecular formula is C21H18BrN3O4. The van der Waals surface area contributed by atoms with Gasteiger partial charge in [0, 0.05) is 4.47 Å². The van der Waals surface area contributed by atoms with E-state index in [1.807, 2.05) is 19.1 Å². The molecule has 29 heavy (non-hydrogen) atoms. The number of hydrazone groups is 1. The Balaban J connectivity index is 1.89. The molecule has 1 saturated heterocycles. The molecule has 2 aliphatic heterocycles. The highest BCUT2D eigenvalue weighted by molar-refractivity contribution is 9.10. The average Bonchev–Trinajstić information content (AvgIpc) is 3.20. The fourth-order valence-corrected chi connectivity index (χ4v) is 4.22. The lowest BCUT2D eigenvalue weighted by atomic mass is 9.78. The number of nitrogens with zero attached hydrogens (tertiary/aromatic N) is 2. The lowest BCUT2D eigenvalue weighted by Crippen LogP contribution is -2.48. The average molecular weight is 456 g/mol. The number of halogens is 1. The molecule has 2 aromatic carbocycles. The maximum absolute atomic E-state index is 13.7. The van der Waals surface area contributed by atoms with Gasteiger partial charge in [0.05, 0.1) is 12.3 Å². The number of para-hydroxylation sites is 1. The number of carbonyl (C=O) groups excluding carboxylic acids is 3. The molecule has 0 spiro atoms. The van der Waals surface area contributed by atoms with Crippen LogP contribution in [0.2, 0.25) is 0 Å². The number of anilines is 1. The number of carbonyl (C=O) groups is 3. The minimum Gasteiger partial charge on any atom is -0.461 e. The van der Waals surface area contributed by atoms with Crippen LogP contribution in [-0.2, 0) is 24.7 Å². The summed E-state index contributed by atoms with van der Waals surface area (Å²) in [5.74, 6) is -2.86. The van der Waals surface area contributed by atoms with Crippen LogP contribution in [0.25, 0.3) is 0 Å². The number of imide groups is 1. The molecule has 0 saturated carbocycles. The summed E-state index contributed by atoms with van der Waals surface area (Å²) in [7, 11) is 0. The van der Waals surface area contributed by atoms with E-state index < -0.39 is 29.2 Å². The Kier molecular flexibility index (Phi) is 4.74. The molecule has 2 aliphatic rings. The van der Waals surface area contributed by atoms with Crippen LogP contribution in [-0.4, -0.2) is 30.1 Å². The van der Waals surface area contributed by atoms with Crippen LogP contribution < -0.4 is 10.3 Å². The third-order valence-corrected chi connectivity index (χ3v) is 5.82. The normalized spacial score (nSPS) is 22.9. The number of rotatable bonds is 4. The zero-order valence-corrected chi connectivity index (χ0v) is 17.4. The van der Waals surface area contributed by atoms with Crippen LogP contribution in [0.15, 0.2) is 58.1 Å². The third-order valence-electron chi connectivity index (χ3n) is 5.15. The molecule has 2 amide bonds. The van der Waals surface area contributed by atoms with Crippen LogP contribution in [0.3, 0.4) is 0 Å². The Bertz CT molecular complexity index is 1050. The van der Waals surface area contributed by atoms with Crippen molar-refractivity contribution in [1.29, 1.82) is 0 Å². The van der Waals surface area contributed by atoms with Crippen molar-refractivity contribution in [2.45, 2.75) is 19.4 Å². The minimum absolute atomic E-state index is 0.0969. The van der Waals surface area contributed by atoms with Gasteiger partial charge in [0.15, 0.2) is 11.3 Å². The van der Waals surface area contributed by atoms with Gasteiger partial charge in [-0.15, -0.1) is 0 Å². The van der Waals surface area contributed by atoms with E-state index in [2.05, 4.69) is 26.5 Å². The quantitative estimate of drug-likeness (QED) is 0.565. The zero-order valence-electron chi connectivity index (χ0n) is 15.8. The van der Waals surface area contributed by atoms with Crippen LogP contribution in [0.1, 0.15) is 18.1 Å². The highest BCUT2D eigenvalue weighted by atomic mass is 79.9. The first-order chi connectivity index (χ1) is 13.9. The van der Waals surface area contributed by atoms with Gasteiger partial charge in [0.25, 0.3) is 5.91 Å². The van der Waals surface area contributed by atoms with Crippen LogP contribution in [0, 0.1) is 12.8 Å². The third kappa shape index (κ3) is 2.78. The molecule has 7 nitrogen and oxygen atoms in total. The number of nitrogens with one attached hydrogen (secondary N) is 1. The van der Waals surface area contributed by atoms with E-state index >= 15 is 0 Å². The Labute approximate surface area is 175 Å². The Morgan fingerprint density at radius 2 is 1.90 bits per heavy atom. The topological polar surface area (TPSA) is 88.1 Å². The van der Waals surface area contributed by atoms with Gasteiger partial charge in [-0.3, -0.25) is 15.0 Å². The highest BCUT2D eigenvalue weighted by Crippen LogP contribution is 2.46. The molecule has 0 radical (unpaired) electrons. The lowest BCUT2D eigenvalue weighted by molar-refractivity contribution is -0.136. The number of esters is 1. The summed E-state index contributed by atoms with van der Waals surface area (Å²) in [6.07, 6.45) is 0. The lowest BCUT2D eigenvalue weighted by Gasteiger charge is -2.26. The number of aryl methyl sites for hydroxylation is 1. The molecule has 0 bridgehead atoms. The molecule has 148 valence electrons. The summed E-state index contributed by atoms with van der Waals surface area (Å²) < 4.78 is 5.67. The molecular weight excluding hydrogens is 438 g/mol. The van der Waals surface area contributed by atoms with Gasteiger partial charge in [0.1, 0.15) is 5.92 Å². The van der Waals surface area contributed by atoms with Gasteiger partial charge in [-0.1, -0.05) is 42.0 Å². The molecule has 1 N–H and O–H groups in total. The number of hydrogen-bond acceptors (Lipinski definition) is 6. The molecule has 1 fully saturated rings. The molecule has 0 aliphatic carbocycles. The second kappa shape index (κ2) is 7.11. The SMILES string of the molecule is CCOC(=O)C1=NNC2(c3ccc(C)cc3)C(=O)N(c3ccccc3Br)C(=O)C12. The Morgan fingerprint density at radius 3 is 2.55 bits per heavy atom. The molecule has 4 rings (SSSR count). The van der Waals surface area contributed by atoms with Crippen LogP contribution in [0.5, 0.6) is 0 Å². The van der Waals surface area contributed by atoms with Crippen molar-refractivity contribution in [1.82, 2.24) is 5.43 Å². The van der Waals surface area contributed by atoms with Gasteiger partial charge in [-0.2, -0.15) is 5.10 Å². The summed E-state index contributed by atoms with van der Waals surface area (Å²) >= 11 is 3.41. The van der Waals surface area contributed by atoms with Gasteiger partial charge >= 0.3 is 5.97 Å². The van der Waals surface area contributed by atoms with Gasteiger partial charge in [-0.05, 0) is 47.5 Å². The number of hydrogen-bond donors (Lipinski definition) is 1. The van der Waals surface area contributed by atoms with Gasteiger partial charge in [0.2, 0.25) is 5.91 Å². The fourth-order valence-electron chi connectivity index (χ4n) is 3.76. The van der Waals surface area contributed by atoms with E-state index in [-0.39, 0.29) is 12.3 Å².